The molecule has 9 nitrogen and oxygen atoms in total. The lowest BCUT2D eigenvalue weighted by atomic mass is 10.1. The van der Waals surface area contributed by atoms with Crippen molar-refractivity contribution < 1.29 is 27.1 Å². The monoisotopic (exact) mass is 478 g/mol. The molecule has 2 saturated heterocycles. The van der Waals surface area contributed by atoms with Gasteiger partial charge in [-0.3, -0.25) is 4.79 Å². The standard InChI is InChI=1S/C22H27FN4O5S/c1-24-15-16(14-20(24)22(29)32-2)33(30,31)27-9-5-8-19(27)21(28)26-12-10-25(11-13-26)18-7-4-3-6-17(18)23/h3-4,6-7,14-15,19H,5,8-13H2,1-2H3/t19-/m1/s1. The number of para-hydroxylation sites is 1. The van der Waals surface area contributed by atoms with E-state index in [2.05, 4.69) is 0 Å². The van der Waals surface area contributed by atoms with Crippen LogP contribution in [0.3, 0.4) is 0 Å². The Balaban J connectivity index is 1.48. The molecule has 2 aromatic rings. The van der Waals surface area contributed by atoms with Gasteiger partial charge in [-0.1, -0.05) is 12.1 Å². The first-order valence-corrected chi connectivity index (χ1v) is 12.2. The number of rotatable bonds is 5. The molecule has 0 saturated carbocycles. The van der Waals surface area contributed by atoms with E-state index >= 15 is 0 Å². The van der Waals surface area contributed by atoms with Crippen molar-refractivity contribution >= 4 is 27.6 Å². The zero-order valence-corrected chi connectivity index (χ0v) is 19.4. The molecule has 4 rings (SSSR count). The summed E-state index contributed by atoms with van der Waals surface area (Å²) < 4.78 is 48.1. The van der Waals surface area contributed by atoms with Crippen molar-refractivity contribution in [3.8, 4) is 0 Å². The number of aromatic nitrogens is 1. The molecule has 2 aliphatic heterocycles. The van der Waals surface area contributed by atoms with Crippen molar-refractivity contribution in [2.45, 2.75) is 23.8 Å². The number of esters is 1. The number of anilines is 1. The number of halogens is 1. The molecule has 178 valence electrons. The van der Waals surface area contributed by atoms with Crippen molar-refractivity contribution in [1.29, 1.82) is 0 Å². The van der Waals surface area contributed by atoms with Crippen LogP contribution in [0.1, 0.15) is 23.3 Å². The molecule has 0 unspecified atom stereocenters. The van der Waals surface area contributed by atoms with E-state index in [9.17, 15) is 22.4 Å². The molecule has 1 amide bonds. The zero-order chi connectivity index (χ0) is 23.8. The van der Waals surface area contributed by atoms with Crippen LogP contribution in [0.5, 0.6) is 0 Å². The topological polar surface area (TPSA) is 92.2 Å². The number of hydrogen-bond donors (Lipinski definition) is 0. The largest absolute Gasteiger partial charge is 0.464 e. The first kappa shape index (κ1) is 23.2. The number of amides is 1. The molecular formula is C22H27FN4O5S. The van der Waals surface area contributed by atoms with Crippen LogP contribution >= 0.6 is 0 Å². The Hall–Kier alpha value is -2.92. The highest BCUT2D eigenvalue weighted by molar-refractivity contribution is 7.89. The fraction of sp³-hybridized carbons (Fsp3) is 0.455. The predicted octanol–water partition coefficient (Wildman–Crippen LogP) is 1.45. The third-order valence-electron chi connectivity index (χ3n) is 6.25. The summed E-state index contributed by atoms with van der Waals surface area (Å²) in [7, 11) is -1.19. The summed E-state index contributed by atoms with van der Waals surface area (Å²) in [5.41, 5.74) is 0.613. The van der Waals surface area contributed by atoms with E-state index in [0.29, 0.717) is 44.7 Å². The predicted molar refractivity (Wildman–Crippen MR) is 119 cm³/mol. The minimum atomic E-state index is -3.98. The molecule has 0 N–H and O–H groups in total. The molecule has 1 atom stereocenters. The summed E-state index contributed by atoms with van der Waals surface area (Å²) in [4.78, 5) is 28.7. The average molecular weight is 479 g/mol. The maximum Gasteiger partial charge on any atom is 0.354 e. The van der Waals surface area contributed by atoms with Gasteiger partial charge in [0.15, 0.2) is 0 Å². The van der Waals surface area contributed by atoms with E-state index in [1.54, 1.807) is 30.1 Å². The number of methoxy groups -OCH3 is 1. The molecule has 11 heteroatoms. The van der Waals surface area contributed by atoms with Gasteiger partial charge < -0.3 is 19.1 Å². The molecule has 33 heavy (non-hydrogen) atoms. The van der Waals surface area contributed by atoms with Crippen LogP contribution in [0.4, 0.5) is 10.1 Å². The number of carbonyl (C=O) groups excluding carboxylic acids is 2. The summed E-state index contributed by atoms with van der Waals surface area (Å²) in [6.45, 7) is 1.93. The molecule has 0 aliphatic carbocycles. The summed E-state index contributed by atoms with van der Waals surface area (Å²) >= 11 is 0. The van der Waals surface area contributed by atoms with Gasteiger partial charge in [0, 0.05) is 46.0 Å². The number of aryl methyl sites for hydroxylation is 1. The van der Waals surface area contributed by atoms with Crippen LogP contribution in [0, 0.1) is 5.82 Å². The van der Waals surface area contributed by atoms with Gasteiger partial charge in [0.25, 0.3) is 0 Å². The first-order valence-electron chi connectivity index (χ1n) is 10.8. The molecule has 0 radical (unpaired) electrons. The lowest BCUT2D eigenvalue weighted by Gasteiger charge is -2.38. The lowest BCUT2D eigenvalue weighted by molar-refractivity contribution is -0.134. The highest BCUT2D eigenvalue weighted by Gasteiger charge is 2.42. The van der Waals surface area contributed by atoms with Crippen molar-refractivity contribution in [2.24, 2.45) is 7.05 Å². The van der Waals surface area contributed by atoms with Crippen LogP contribution in [-0.4, -0.2) is 79.9 Å². The van der Waals surface area contributed by atoms with E-state index in [1.807, 2.05) is 4.90 Å². The molecule has 2 fully saturated rings. The maximum atomic E-state index is 14.1. The number of ether oxygens (including phenoxy) is 1. The molecule has 1 aromatic carbocycles. The molecule has 0 spiro atoms. The Morgan fingerprint density at radius 1 is 1.09 bits per heavy atom. The van der Waals surface area contributed by atoms with Crippen LogP contribution in [-0.2, 0) is 26.6 Å². The Morgan fingerprint density at radius 3 is 2.45 bits per heavy atom. The molecular weight excluding hydrogens is 451 g/mol. The Kier molecular flexibility index (Phi) is 6.44. The van der Waals surface area contributed by atoms with Gasteiger partial charge in [-0.15, -0.1) is 0 Å². The smallest absolute Gasteiger partial charge is 0.354 e. The second-order valence-corrected chi connectivity index (χ2v) is 10.1. The normalized spacial score (nSPS) is 19.7. The van der Waals surface area contributed by atoms with Gasteiger partial charge >= 0.3 is 5.97 Å². The minimum absolute atomic E-state index is 0.0468. The van der Waals surface area contributed by atoms with E-state index < -0.39 is 22.0 Å². The minimum Gasteiger partial charge on any atom is -0.464 e. The molecule has 0 bridgehead atoms. The van der Waals surface area contributed by atoms with Gasteiger partial charge in [-0.25, -0.2) is 17.6 Å². The summed E-state index contributed by atoms with van der Waals surface area (Å²) in [6.07, 6.45) is 2.36. The van der Waals surface area contributed by atoms with E-state index in [0.717, 1.165) is 0 Å². The quantitative estimate of drug-likeness (QED) is 0.604. The number of hydrogen-bond acceptors (Lipinski definition) is 6. The lowest BCUT2D eigenvalue weighted by Crippen LogP contribution is -2.54. The SMILES string of the molecule is COC(=O)c1cc(S(=O)(=O)N2CCC[C@@H]2C(=O)N2CCN(c3ccccc3F)CC2)cn1C. The number of piperazine rings is 1. The fourth-order valence-corrected chi connectivity index (χ4v) is 6.20. The number of benzene rings is 1. The van der Waals surface area contributed by atoms with Gasteiger partial charge in [-0.05, 0) is 31.0 Å². The second kappa shape index (κ2) is 9.14. The first-order chi connectivity index (χ1) is 15.7. The van der Waals surface area contributed by atoms with Crippen LogP contribution in [0.2, 0.25) is 0 Å². The molecule has 2 aliphatic rings. The van der Waals surface area contributed by atoms with Gasteiger partial charge in [0.05, 0.1) is 12.8 Å². The third-order valence-corrected chi connectivity index (χ3v) is 8.13. The molecule has 1 aromatic heterocycles. The van der Waals surface area contributed by atoms with Crippen LogP contribution in [0.25, 0.3) is 0 Å². The van der Waals surface area contributed by atoms with Crippen molar-refractivity contribution in [3.63, 3.8) is 0 Å². The van der Waals surface area contributed by atoms with Gasteiger partial charge in [0.1, 0.15) is 22.4 Å². The number of sulfonamides is 1. The summed E-state index contributed by atoms with van der Waals surface area (Å²) in [5.74, 6) is -1.19. The fourth-order valence-electron chi connectivity index (χ4n) is 4.48. The van der Waals surface area contributed by atoms with E-state index in [1.165, 1.54) is 34.3 Å². The number of nitrogens with zero attached hydrogens (tertiary/aromatic N) is 4. The highest BCUT2D eigenvalue weighted by Crippen LogP contribution is 2.29. The van der Waals surface area contributed by atoms with Crippen molar-refractivity contribution in [2.75, 3.05) is 44.7 Å². The number of carbonyl (C=O) groups is 2. The van der Waals surface area contributed by atoms with E-state index in [4.69, 9.17) is 4.74 Å². The average Bonchev–Trinajstić information content (AvgIpc) is 3.46. The third kappa shape index (κ3) is 4.34. The highest BCUT2D eigenvalue weighted by atomic mass is 32.2. The van der Waals surface area contributed by atoms with Crippen LogP contribution < -0.4 is 4.90 Å². The molecule has 3 heterocycles. The van der Waals surface area contributed by atoms with Gasteiger partial charge in [-0.2, -0.15) is 4.31 Å². The Bertz CT molecular complexity index is 1160. The van der Waals surface area contributed by atoms with Crippen LogP contribution in [0.15, 0.2) is 41.4 Å². The Morgan fingerprint density at radius 2 is 1.79 bits per heavy atom. The second-order valence-electron chi connectivity index (χ2n) is 8.20. The van der Waals surface area contributed by atoms with Gasteiger partial charge in [0.2, 0.25) is 15.9 Å². The van der Waals surface area contributed by atoms with E-state index in [-0.39, 0.29) is 28.9 Å². The van der Waals surface area contributed by atoms with Crippen molar-refractivity contribution in [3.05, 3.63) is 48.0 Å². The summed E-state index contributed by atoms with van der Waals surface area (Å²) in [5, 5.41) is 0. The zero-order valence-electron chi connectivity index (χ0n) is 18.6. The van der Waals surface area contributed by atoms with Crippen molar-refractivity contribution in [1.82, 2.24) is 13.8 Å². The Labute approximate surface area is 192 Å². The maximum absolute atomic E-state index is 14.1. The summed E-state index contributed by atoms with van der Waals surface area (Å²) in [6, 6.07) is 7.00.